The van der Waals surface area contributed by atoms with Gasteiger partial charge in [-0.1, -0.05) is 12.1 Å². The van der Waals surface area contributed by atoms with E-state index in [2.05, 4.69) is 62.8 Å². The Bertz CT molecular complexity index is 1520. The molecular weight excluding hydrogens is 430 g/mol. The van der Waals surface area contributed by atoms with Crippen molar-refractivity contribution in [2.45, 2.75) is 38.1 Å². The Morgan fingerprint density at radius 2 is 1.91 bits per heavy atom. The fourth-order valence-corrected chi connectivity index (χ4v) is 4.73. The maximum Gasteiger partial charge on any atom is 0.319 e. The SMILES string of the molecule is COc1ncc(-c2cc(C3CC3c3ccc4cnn(C(C)C)c4c3)c3nccn3n2)c(OC)n1. The van der Waals surface area contributed by atoms with Crippen LogP contribution in [0.2, 0.25) is 0 Å². The number of methoxy groups -OCH3 is 2. The van der Waals surface area contributed by atoms with E-state index >= 15 is 0 Å². The summed E-state index contributed by atoms with van der Waals surface area (Å²) in [6, 6.07) is 9.36. The molecule has 0 saturated heterocycles. The van der Waals surface area contributed by atoms with E-state index in [0.717, 1.165) is 23.3 Å². The Kier molecular flexibility index (Phi) is 4.72. The molecule has 172 valence electrons. The third-order valence-electron chi connectivity index (χ3n) is 6.50. The highest BCUT2D eigenvalue weighted by Gasteiger charge is 2.41. The minimum atomic E-state index is 0.253. The highest BCUT2D eigenvalue weighted by molar-refractivity contribution is 5.80. The van der Waals surface area contributed by atoms with Crippen LogP contribution in [-0.2, 0) is 0 Å². The lowest BCUT2D eigenvalue weighted by atomic mass is 10.0. The van der Waals surface area contributed by atoms with Crippen molar-refractivity contribution in [2.75, 3.05) is 14.2 Å². The van der Waals surface area contributed by atoms with Gasteiger partial charge in [-0.2, -0.15) is 15.2 Å². The third-order valence-corrected chi connectivity index (χ3v) is 6.50. The van der Waals surface area contributed by atoms with Crippen LogP contribution in [0, 0.1) is 0 Å². The number of rotatable bonds is 6. The molecule has 4 heterocycles. The predicted octanol–water partition coefficient (Wildman–Crippen LogP) is 4.41. The van der Waals surface area contributed by atoms with Crippen molar-refractivity contribution in [3.05, 3.63) is 60.2 Å². The largest absolute Gasteiger partial charge is 0.480 e. The van der Waals surface area contributed by atoms with Crippen molar-refractivity contribution in [3.63, 3.8) is 0 Å². The van der Waals surface area contributed by atoms with Crippen molar-refractivity contribution in [2.24, 2.45) is 0 Å². The molecule has 6 rings (SSSR count). The van der Waals surface area contributed by atoms with Gasteiger partial charge in [0, 0.05) is 35.6 Å². The minimum Gasteiger partial charge on any atom is -0.480 e. The van der Waals surface area contributed by atoms with E-state index in [1.807, 2.05) is 16.9 Å². The number of benzene rings is 1. The van der Waals surface area contributed by atoms with Gasteiger partial charge in [0.25, 0.3) is 0 Å². The fourth-order valence-electron chi connectivity index (χ4n) is 4.73. The molecule has 0 aliphatic heterocycles. The van der Waals surface area contributed by atoms with Crippen molar-refractivity contribution in [1.29, 1.82) is 0 Å². The lowest BCUT2D eigenvalue weighted by molar-refractivity contribution is 0.353. The van der Waals surface area contributed by atoms with Gasteiger partial charge in [-0.15, -0.1) is 0 Å². The number of hydrogen-bond acceptors (Lipinski definition) is 7. The zero-order chi connectivity index (χ0) is 23.4. The molecule has 1 saturated carbocycles. The van der Waals surface area contributed by atoms with Gasteiger partial charge < -0.3 is 9.47 Å². The van der Waals surface area contributed by atoms with Crippen LogP contribution in [-0.4, -0.2) is 48.6 Å². The molecule has 0 radical (unpaired) electrons. The zero-order valence-corrected chi connectivity index (χ0v) is 19.5. The van der Waals surface area contributed by atoms with Crippen molar-refractivity contribution >= 4 is 16.6 Å². The number of nitrogens with zero attached hydrogens (tertiary/aromatic N) is 7. The lowest BCUT2D eigenvalue weighted by Crippen LogP contribution is -2.03. The van der Waals surface area contributed by atoms with Crippen LogP contribution in [0.4, 0.5) is 0 Å². The summed E-state index contributed by atoms with van der Waals surface area (Å²) in [5, 5.41) is 10.5. The van der Waals surface area contributed by atoms with Crippen LogP contribution >= 0.6 is 0 Å². The van der Waals surface area contributed by atoms with Gasteiger partial charge in [0.1, 0.15) is 0 Å². The summed E-state index contributed by atoms with van der Waals surface area (Å²) in [5.74, 6) is 1.19. The molecule has 34 heavy (non-hydrogen) atoms. The van der Waals surface area contributed by atoms with Gasteiger partial charge in [-0.05, 0) is 49.8 Å². The van der Waals surface area contributed by atoms with Gasteiger partial charge in [0.05, 0.1) is 37.2 Å². The van der Waals surface area contributed by atoms with E-state index in [-0.39, 0.29) is 6.01 Å². The number of ether oxygens (including phenoxy) is 2. The van der Waals surface area contributed by atoms with Crippen LogP contribution in [0.1, 0.15) is 49.3 Å². The first-order chi connectivity index (χ1) is 16.6. The molecule has 0 amide bonds. The summed E-state index contributed by atoms with van der Waals surface area (Å²) in [4.78, 5) is 13.2. The number of hydrogen-bond donors (Lipinski definition) is 0. The number of aromatic nitrogens is 7. The van der Waals surface area contributed by atoms with E-state index in [0.29, 0.717) is 29.3 Å². The standard InChI is InChI=1S/C25H25N7O2/c1-14(2)32-22-9-15(5-6-16(22)12-28-32)17-10-18(17)19-11-21(30-31-8-7-26-23(19)31)20-13-27-25(34-4)29-24(20)33-3/h5-9,11-14,17-18H,10H2,1-4H3. The molecule has 9 heteroatoms. The van der Waals surface area contributed by atoms with Crippen LogP contribution in [0.3, 0.4) is 0 Å². The molecule has 0 N–H and O–H groups in total. The normalized spacial score (nSPS) is 17.6. The Morgan fingerprint density at radius 3 is 2.71 bits per heavy atom. The average molecular weight is 456 g/mol. The maximum atomic E-state index is 5.50. The quantitative estimate of drug-likeness (QED) is 0.375. The first-order valence-corrected chi connectivity index (χ1v) is 11.3. The monoisotopic (exact) mass is 455 g/mol. The van der Waals surface area contributed by atoms with E-state index in [4.69, 9.17) is 14.6 Å². The second-order valence-corrected chi connectivity index (χ2v) is 8.91. The molecule has 4 aromatic heterocycles. The topological polar surface area (TPSA) is 92.3 Å². The fraction of sp³-hybridized carbons (Fsp3) is 0.320. The Morgan fingerprint density at radius 1 is 1.03 bits per heavy atom. The lowest BCUT2D eigenvalue weighted by Gasteiger charge is -2.11. The van der Waals surface area contributed by atoms with Gasteiger partial charge in [0.15, 0.2) is 5.65 Å². The van der Waals surface area contributed by atoms with Crippen LogP contribution < -0.4 is 9.47 Å². The molecule has 2 atom stereocenters. The summed E-state index contributed by atoms with van der Waals surface area (Å²) in [7, 11) is 3.11. The Hall–Kier alpha value is -4.01. The number of imidazole rings is 1. The van der Waals surface area contributed by atoms with Gasteiger partial charge in [-0.3, -0.25) is 4.68 Å². The highest BCUT2D eigenvalue weighted by atomic mass is 16.5. The minimum absolute atomic E-state index is 0.253. The van der Waals surface area contributed by atoms with Crippen molar-refractivity contribution in [3.8, 4) is 23.1 Å². The molecule has 9 nitrogen and oxygen atoms in total. The van der Waals surface area contributed by atoms with E-state index in [1.54, 1.807) is 19.5 Å². The second kappa shape index (κ2) is 7.79. The molecule has 2 unspecified atom stereocenters. The summed E-state index contributed by atoms with van der Waals surface area (Å²) in [6.45, 7) is 4.31. The Labute approximate surface area is 196 Å². The van der Waals surface area contributed by atoms with Gasteiger partial charge in [-0.25, -0.2) is 14.5 Å². The van der Waals surface area contributed by atoms with E-state index < -0.39 is 0 Å². The van der Waals surface area contributed by atoms with Crippen LogP contribution in [0.25, 0.3) is 27.8 Å². The van der Waals surface area contributed by atoms with Crippen LogP contribution in [0.15, 0.2) is 49.1 Å². The van der Waals surface area contributed by atoms with Crippen molar-refractivity contribution in [1.82, 2.24) is 34.3 Å². The average Bonchev–Trinajstić information content (AvgIpc) is 3.30. The molecule has 0 bridgehead atoms. The van der Waals surface area contributed by atoms with Gasteiger partial charge in [0.2, 0.25) is 5.88 Å². The molecular formula is C25H25N7O2. The smallest absolute Gasteiger partial charge is 0.319 e. The summed E-state index contributed by atoms with van der Waals surface area (Å²) in [6.07, 6.45) is 8.33. The molecule has 1 aliphatic carbocycles. The maximum absolute atomic E-state index is 5.50. The molecule has 1 aliphatic rings. The first-order valence-electron chi connectivity index (χ1n) is 11.3. The van der Waals surface area contributed by atoms with Gasteiger partial charge >= 0.3 is 6.01 Å². The summed E-state index contributed by atoms with van der Waals surface area (Å²) < 4.78 is 14.6. The van der Waals surface area contributed by atoms with E-state index in [9.17, 15) is 0 Å². The molecule has 1 aromatic carbocycles. The van der Waals surface area contributed by atoms with Crippen LogP contribution in [0.5, 0.6) is 11.9 Å². The Balaban J connectivity index is 1.40. The third kappa shape index (κ3) is 3.27. The molecule has 5 aromatic rings. The zero-order valence-electron chi connectivity index (χ0n) is 19.5. The number of fused-ring (bicyclic) bond motifs is 2. The predicted molar refractivity (Wildman–Crippen MR) is 127 cm³/mol. The summed E-state index contributed by atoms with van der Waals surface area (Å²) in [5.41, 5.74) is 5.99. The highest BCUT2D eigenvalue weighted by Crippen LogP contribution is 2.56. The van der Waals surface area contributed by atoms with E-state index in [1.165, 1.54) is 23.6 Å². The summed E-state index contributed by atoms with van der Waals surface area (Å²) >= 11 is 0. The second-order valence-electron chi connectivity index (χ2n) is 8.91. The van der Waals surface area contributed by atoms with Crippen molar-refractivity contribution < 1.29 is 9.47 Å². The first kappa shape index (κ1) is 20.6. The molecule has 1 fully saturated rings. The molecule has 0 spiro atoms.